The molecule has 0 aliphatic carbocycles. The third-order valence-corrected chi connectivity index (χ3v) is 11.2. The van der Waals surface area contributed by atoms with Crippen LogP contribution in [-0.2, 0) is 48.3 Å². The van der Waals surface area contributed by atoms with Gasteiger partial charge in [0.25, 0.3) is 17.7 Å². The van der Waals surface area contributed by atoms with E-state index in [0.717, 1.165) is 4.90 Å². The second-order valence-corrected chi connectivity index (χ2v) is 16.5. The predicted octanol–water partition coefficient (Wildman–Crippen LogP) is 6.51. The molecule has 0 radical (unpaired) electrons. The smallest absolute Gasteiger partial charge is 0.418 e. The van der Waals surface area contributed by atoms with Crippen molar-refractivity contribution in [2.45, 2.75) is 76.5 Å². The average Bonchev–Trinajstić information content (AvgIpc) is 3.51. The highest BCUT2D eigenvalue weighted by atomic mass is 32.2. The largest absolute Gasteiger partial charge is 0.445 e. The number of nitrogens with zero attached hydrogens (tertiary/aromatic N) is 2. The zero-order valence-corrected chi connectivity index (χ0v) is 35.9. The summed E-state index contributed by atoms with van der Waals surface area (Å²) in [6.07, 6.45) is -3.13. The highest BCUT2D eigenvalue weighted by Gasteiger charge is 2.59. The number of ether oxygens (including phenoxy) is 2. The first-order chi connectivity index (χ1) is 29.8. The molecule has 1 aliphatic heterocycles. The number of fused-ring (bicyclic) bond motifs is 1. The fourth-order valence-corrected chi connectivity index (χ4v) is 8.13. The molecule has 14 nitrogen and oxygen atoms in total. The lowest BCUT2D eigenvalue weighted by molar-refractivity contribution is -0.154. The summed E-state index contributed by atoms with van der Waals surface area (Å²) in [4.78, 5) is 115. The summed E-state index contributed by atoms with van der Waals surface area (Å²) < 4.78 is 11.3. The summed E-state index contributed by atoms with van der Waals surface area (Å²) in [6, 6.07) is 30.5. The standard InChI is InChI=1S/C47H50N4O10S/c1-31(2)27-38(49-45(58)60-29-34-19-10-6-11-20-34)40(53)47(44(57)48-4,28-33-17-8-5-9-18-33)51(46(59)61-30-35-21-12-7-13-22-35)43(56)39(62-32(3)52)25-16-26-50-41(54)36-23-14-15-24-37(36)42(50)55/h5-15,17-24,31,38-39H,16,25-30H2,1-4H3,(H,48,57)(H,49,58)/t38-,39?,47+/m0/s1. The molecule has 4 aromatic carbocycles. The van der Waals surface area contributed by atoms with Crippen molar-refractivity contribution >= 4 is 58.5 Å². The number of likely N-dealkylation sites (N-methyl/N-ethyl adjacent to an activating group) is 1. The molecule has 0 spiro atoms. The van der Waals surface area contributed by atoms with Crippen LogP contribution in [0.4, 0.5) is 9.59 Å². The number of alkyl carbamates (subject to hydrolysis) is 1. The number of nitrogens with one attached hydrogen (secondary N) is 2. The summed E-state index contributed by atoms with van der Waals surface area (Å²) in [5.41, 5.74) is -0.685. The van der Waals surface area contributed by atoms with Crippen molar-refractivity contribution < 1.29 is 47.8 Å². The lowest BCUT2D eigenvalue weighted by Gasteiger charge is -2.42. The first-order valence-corrected chi connectivity index (χ1v) is 21.1. The van der Waals surface area contributed by atoms with Gasteiger partial charge >= 0.3 is 12.2 Å². The van der Waals surface area contributed by atoms with Crippen LogP contribution in [0, 0.1) is 5.92 Å². The number of carbonyl (C=O) groups is 8. The number of carbonyl (C=O) groups excluding carboxylic acids is 8. The topological polar surface area (TPSA) is 186 Å². The minimum atomic E-state index is -2.73. The quantitative estimate of drug-likeness (QED) is 0.0773. The van der Waals surface area contributed by atoms with E-state index in [1.165, 1.54) is 14.0 Å². The van der Waals surface area contributed by atoms with Crippen molar-refractivity contribution in [1.82, 2.24) is 20.4 Å². The molecular weight excluding hydrogens is 813 g/mol. The van der Waals surface area contributed by atoms with Gasteiger partial charge in [-0.3, -0.25) is 33.7 Å². The van der Waals surface area contributed by atoms with Crippen LogP contribution in [0.1, 0.15) is 77.4 Å². The van der Waals surface area contributed by atoms with Gasteiger partial charge in [-0.25, -0.2) is 14.5 Å². The zero-order chi connectivity index (χ0) is 44.8. The van der Waals surface area contributed by atoms with Crippen molar-refractivity contribution in [1.29, 1.82) is 0 Å². The van der Waals surface area contributed by atoms with Gasteiger partial charge < -0.3 is 20.1 Å². The van der Waals surface area contributed by atoms with Crippen LogP contribution >= 0.6 is 11.8 Å². The van der Waals surface area contributed by atoms with E-state index in [1.807, 2.05) is 0 Å². The molecule has 0 aromatic heterocycles. The van der Waals surface area contributed by atoms with Crippen LogP contribution in [-0.4, -0.2) is 86.9 Å². The molecule has 0 fully saturated rings. The first kappa shape index (κ1) is 46.5. The first-order valence-electron chi connectivity index (χ1n) is 20.2. The maximum atomic E-state index is 15.6. The summed E-state index contributed by atoms with van der Waals surface area (Å²) >= 11 is 0.568. The third-order valence-electron chi connectivity index (χ3n) is 10.1. The number of imide groups is 2. The molecule has 0 saturated carbocycles. The molecule has 324 valence electrons. The molecule has 1 unspecified atom stereocenters. The number of rotatable bonds is 19. The molecule has 15 heteroatoms. The van der Waals surface area contributed by atoms with Gasteiger partial charge in [-0.2, -0.15) is 0 Å². The van der Waals surface area contributed by atoms with E-state index < -0.39 is 70.0 Å². The number of ketones is 1. The van der Waals surface area contributed by atoms with Gasteiger partial charge in [-0.1, -0.05) is 129 Å². The Bertz CT molecular complexity index is 2220. The van der Waals surface area contributed by atoms with Gasteiger partial charge in [-0.05, 0) is 54.0 Å². The molecule has 5 rings (SSSR count). The lowest BCUT2D eigenvalue weighted by Crippen LogP contribution is -2.72. The Morgan fingerprint density at radius 3 is 1.73 bits per heavy atom. The maximum Gasteiger partial charge on any atom is 0.418 e. The van der Waals surface area contributed by atoms with Gasteiger partial charge in [0, 0.05) is 26.9 Å². The summed E-state index contributed by atoms with van der Waals surface area (Å²) in [5, 5.41) is 3.16. The van der Waals surface area contributed by atoms with E-state index >= 15 is 9.59 Å². The van der Waals surface area contributed by atoms with Gasteiger partial charge in [0.15, 0.2) is 16.4 Å². The van der Waals surface area contributed by atoms with Gasteiger partial charge in [0.2, 0.25) is 5.91 Å². The summed E-state index contributed by atoms with van der Waals surface area (Å²) in [7, 11) is 1.25. The average molecular weight is 863 g/mol. The lowest BCUT2D eigenvalue weighted by atomic mass is 9.78. The molecule has 1 aliphatic rings. The molecule has 2 N–H and O–H groups in total. The van der Waals surface area contributed by atoms with Crippen molar-refractivity contribution in [3.8, 4) is 0 Å². The van der Waals surface area contributed by atoms with Crippen molar-refractivity contribution in [3.63, 3.8) is 0 Å². The van der Waals surface area contributed by atoms with Crippen molar-refractivity contribution in [2.75, 3.05) is 13.6 Å². The van der Waals surface area contributed by atoms with Gasteiger partial charge in [0.1, 0.15) is 13.2 Å². The van der Waals surface area contributed by atoms with Crippen LogP contribution in [0.2, 0.25) is 0 Å². The van der Waals surface area contributed by atoms with Gasteiger partial charge in [-0.15, -0.1) is 0 Å². The van der Waals surface area contributed by atoms with Crippen LogP contribution < -0.4 is 10.6 Å². The van der Waals surface area contributed by atoms with E-state index in [-0.39, 0.29) is 56.1 Å². The zero-order valence-electron chi connectivity index (χ0n) is 35.0. The number of benzene rings is 4. The van der Waals surface area contributed by atoms with E-state index in [2.05, 4.69) is 10.6 Å². The molecule has 1 heterocycles. The number of thioether (sulfide) groups is 1. The van der Waals surface area contributed by atoms with Crippen molar-refractivity contribution in [3.05, 3.63) is 143 Å². The Morgan fingerprint density at radius 2 is 1.23 bits per heavy atom. The van der Waals surface area contributed by atoms with E-state index in [1.54, 1.807) is 129 Å². The monoisotopic (exact) mass is 862 g/mol. The Kier molecular flexibility index (Phi) is 16.3. The number of amides is 6. The minimum Gasteiger partial charge on any atom is -0.445 e. The van der Waals surface area contributed by atoms with E-state index in [9.17, 15) is 28.8 Å². The second-order valence-electron chi connectivity index (χ2n) is 15.1. The minimum absolute atomic E-state index is 0.000547. The normalized spacial score (nSPS) is 13.9. The SMILES string of the molecule is CNC(=O)[C@@](Cc1ccccc1)(C(=O)[C@H](CC(C)C)NC(=O)OCc1ccccc1)N(C(=O)OCc1ccccc1)C(=O)C(CCCN1C(=O)c2ccccc2C1=O)SC(C)=O. The van der Waals surface area contributed by atoms with Gasteiger partial charge in [0.05, 0.1) is 22.4 Å². The molecule has 62 heavy (non-hydrogen) atoms. The summed E-state index contributed by atoms with van der Waals surface area (Å²) in [5.74, 6) is -4.51. The van der Waals surface area contributed by atoms with Crippen LogP contribution in [0.3, 0.4) is 0 Å². The molecule has 0 saturated heterocycles. The van der Waals surface area contributed by atoms with Crippen LogP contribution in [0.5, 0.6) is 0 Å². The highest BCUT2D eigenvalue weighted by molar-refractivity contribution is 8.14. The second kappa shape index (κ2) is 21.8. The molecule has 3 atom stereocenters. The predicted molar refractivity (Wildman–Crippen MR) is 232 cm³/mol. The maximum absolute atomic E-state index is 15.6. The van der Waals surface area contributed by atoms with E-state index in [0.29, 0.717) is 33.4 Å². The number of Topliss-reactive ketones (excluding diaryl/α,β-unsaturated/α-hetero) is 1. The third kappa shape index (κ3) is 11.4. The fourth-order valence-electron chi connectivity index (χ4n) is 7.24. The Labute approximate surface area is 364 Å². The number of hydrogen-bond donors (Lipinski definition) is 2. The van der Waals surface area contributed by atoms with Crippen molar-refractivity contribution in [2.24, 2.45) is 5.92 Å². The fraction of sp³-hybridized carbons (Fsp3) is 0.319. The molecular formula is C47H50N4O10S. The molecule has 6 amide bonds. The Balaban J connectivity index is 1.59. The van der Waals surface area contributed by atoms with Crippen LogP contribution in [0.15, 0.2) is 115 Å². The molecule has 4 aromatic rings. The van der Waals surface area contributed by atoms with Crippen LogP contribution in [0.25, 0.3) is 0 Å². The Hall–Kier alpha value is -6.61. The summed E-state index contributed by atoms with van der Waals surface area (Å²) in [6.45, 7) is 4.17. The Morgan fingerprint density at radius 1 is 0.726 bits per heavy atom. The highest BCUT2D eigenvalue weighted by Crippen LogP contribution is 2.33. The number of hydrogen-bond acceptors (Lipinski definition) is 11. The van der Waals surface area contributed by atoms with E-state index in [4.69, 9.17) is 9.47 Å². The molecule has 0 bridgehead atoms.